The molecule has 0 saturated carbocycles. The fourth-order valence-electron chi connectivity index (χ4n) is 2.88. The average molecular weight is 311 g/mol. The third-order valence-corrected chi connectivity index (χ3v) is 4.34. The van der Waals surface area contributed by atoms with Crippen LogP contribution in [0, 0.1) is 5.92 Å². The number of likely N-dealkylation sites (N-methyl/N-ethyl adjacent to an activating group) is 1. The Hall–Kier alpha value is -0.380. The van der Waals surface area contributed by atoms with Gasteiger partial charge in [-0.2, -0.15) is 0 Å². The molecule has 1 fully saturated rings. The lowest BCUT2D eigenvalue weighted by molar-refractivity contribution is 0.262. The summed E-state index contributed by atoms with van der Waals surface area (Å²) in [5.74, 6) is 1.48. The minimum Gasteiger partial charge on any atom is -0.317 e. The smallest absolute Gasteiger partial charge is 0.0175 e. The van der Waals surface area contributed by atoms with Crippen LogP contribution < -0.4 is 5.32 Å². The zero-order chi connectivity index (χ0) is 13.0. The predicted molar refractivity (Wildman–Crippen MR) is 81.0 cm³/mol. The second-order valence-electron chi connectivity index (χ2n) is 5.51. The Morgan fingerprint density at radius 3 is 2.39 bits per heavy atom. The topological polar surface area (TPSA) is 15.3 Å². The van der Waals surface area contributed by atoms with E-state index in [4.69, 9.17) is 0 Å². The van der Waals surface area contributed by atoms with E-state index >= 15 is 0 Å². The molecule has 18 heavy (non-hydrogen) atoms. The molecule has 2 rings (SSSR count). The van der Waals surface area contributed by atoms with Gasteiger partial charge in [-0.25, -0.2) is 0 Å². The van der Waals surface area contributed by atoms with Crippen LogP contribution >= 0.6 is 15.9 Å². The lowest BCUT2D eigenvalue weighted by Crippen LogP contribution is -2.34. The van der Waals surface area contributed by atoms with Gasteiger partial charge in [-0.15, -0.1) is 0 Å². The van der Waals surface area contributed by atoms with Crippen molar-refractivity contribution >= 4 is 15.9 Å². The van der Waals surface area contributed by atoms with Crippen molar-refractivity contribution in [2.24, 2.45) is 5.92 Å². The molecule has 1 saturated heterocycles. The van der Waals surface area contributed by atoms with Crippen molar-refractivity contribution < 1.29 is 0 Å². The molecule has 1 aromatic rings. The minimum atomic E-state index is 0.662. The Balaban J connectivity index is 2.15. The van der Waals surface area contributed by atoms with E-state index in [1.54, 1.807) is 0 Å². The monoisotopic (exact) mass is 310 g/mol. The maximum atomic E-state index is 3.52. The number of hydrogen-bond acceptors (Lipinski definition) is 2. The van der Waals surface area contributed by atoms with Crippen LogP contribution in [-0.2, 0) is 0 Å². The Kier molecular flexibility index (Phi) is 5.22. The number of nitrogens with zero attached hydrogens (tertiary/aromatic N) is 1. The third-order valence-electron chi connectivity index (χ3n) is 3.81. The van der Waals surface area contributed by atoms with E-state index in [0.717, 1.165) is 12.5 Å². The second kappa shape index (κ2) is 6.69. The second-order valence-corrected chi connectivity index (χ2v) is 6.42. The Bertz CT molecular complexity index is 355. The molecule has 1 heterocycles. The first-order valence-corrected chi connectivity index (χ1v) is 7.57. The summed E-state index contributed by atoms with van der Waals surface area (Å²) in [7, 11) is 4.35. The first-order chi connectivity index (χ1) is 8.66. The van der Waals surface area contributed by atoms with E-state index in [1.165, 1.54) is 36.0 Å². The largest absolute Gasteiger partial charge is 0.317 e. The van der Waals surface area contributed by atoms with Gasteiger partial charge in [0.2, 0.25) is 0 Å². The fourth-order valence-corrected chi connectivity index (χ4v) is 3.14. The number of halogens is 1. The van der Waals surface area contributed by atoms with Crippen molar-refractivity contribution in [3.63, 3.8) is 0 Å². The maximum Gasteiger partial charge on any atom is 0.0175 e. The molecule has 0 bridgehead atoms. The summed E-state index contributed by atoms with van der Waals surface area (Å²) in [6, 6.07) is 8.89. The molecule has 0 aromatic heterocycles. The normalized spacial score (nSPS) is 19.1. The van der Waals surface area contributed by atoms with E-state index in [-0.39, 0.29) is 0 Å². The van der Waals surface area contributed by atoms with Crippen LogP contribution in [-0.4, -0.2) is 38.6 Å². The van der Waals surface area contributed by atoms with Crippen molar-refractivity contribution in [1.82, 2.24) is 10.2 Å². The van der Waals surface area contributed by atoms with Crippen LogP contribution in [0.1, 0.15) is 24.3 Å². The van der Waals surface area contributed by atoms with E-state index in [1.807, 2.05) is 0 Å². The number of rotatable bonds is 4. The first kappa shape index (κ1) is 14.0. The molecule has 1 N–H and O–H groups in total. The molecule has 1 aromatic carbocycles. The predicted octanol–water partition coefficient (Wildman–Crippen LogP) is 3.09. The zero-order valence-corrected chi connectivity index (χ0v) is 12.9. The standard InChI is InChI=1S/C15H23BrN2/c1-18(2)11-15(13-7-9-17-10-8-13)12-3-5-14(16)6-4-12/h3-6,13,15,17H,7-11H2,1-2H3. The van der Waals surface area contributed by atoms with E-state index < -0.39 is 0 Å². The lowest BCUT2D eigenvalue weighted by Gasteiger charge is -2.33. The third kappa shape index (κ3) is 3.81. The quantitative estimate of drug-likeness (QED) is 0.919. The molecule has 1 aliphatic heterocycles. The molecular weight excluding hydrogens is 288 g/mol. The molecule has 0 spiro atoms. The van der Waals surface area contributed by atoms with Gasteiger partial charge >= 0.3 is 0 Å². The summed E-state index contributed by atoms with van der Waals surface area (Å²) in [4.78, 5) is 2.31. The summed E-state index contributed by atoms with van der Waals surface area (Å²) in [5, 5.41) is 3.46. The molecule has 1 unspecified atom stereocenters. The molecule has 0 radical (unpaired) electrons. The van der Waals surface area contributed by atoms with E-state index in [9.17, 15) is 0 Å². The minimum absolute atomic E-state index is 0.662. The molecule has 0 aliphatic carbocycles. The van der Waals surface area contributed by atoms with Crippen LogP contribution in [0.15, 0.2) is 28.7 Å². The molecule has 1 aliphatic rings. The van der Waals surface area contributed by atoms with Gasteiger partial charge in [0.15, 0.2) is 0 Å². The van der Waals surface area contributed by atoms with Gasteiger partial charge in [-0.05, 0) is 69.6 Å². The Morgan fingerprint density at radius 2 is 1.83 bits per heavy atom. The van der Waals surface area contributed by atoms with Crippen molar-refractivity contribution in [2.75, 3.05) is 33.7 Å². The number of hydrogen-bond donors (Lipinski definition) is 1. The molecule has 100 valence electrons. The molecule has 3 heteroatoms. The van der Waals surface area contributed by atoms with Crippen molar-refractivity contribution in [3.05, 3.63) is 34.3 Å². The first-order valence-electron chi connectivity index (χ1n) is 6.77. The fraction of sp³-hybridized carbons (Fsp3) is 0.600. The highest BCUT2D eigenvalue weighted by Gasteiger charge is 2.25. The maximum absolute atomic E-state index is 3.52. The van der Waals surface area contributed by atoms with Crippen LogP contribution in [0.5, 0.6) is 0 Å². The Morgan fingerprint density at radius 1 is 1.22 bits per heavy atom. The van der Waals surface area contributed by atoms with Crippen LogP contribution in [0.4, 0.5) is 0 Å². The van der Waals surface area contributed by atoms with Gasteiger partial charge in [-0.3, -0.25) is 0 Å². The Labute approximate surface area is 119 Å². The number of piperidine rings is 1. The van der Waals surface area contributed by atoms with Gasteiger partial charge in [0, 0.05) is 11.0 Å². The van der Waals surface area contributed by atoms with E-state index in [0.29, 0.717) is 5.92 Å². The highest BCUT2D eigenvalue weighted by molar-refractivity contribution is 9.10. The van der Waals surface area contributed by atoms with Gasteiger partial charge in [0.05, 0.1) is 0 Å². The van der Waals surface area contributed by atoms with Gasteiger partial charge in [0.25, 0.3) is 0 Å². The van der Waals surface area contributed by atoms with E-state index in [2.05, 4.69) is 64.5 Å². The molecular formula is C15H23BrN2. The summed E-state index contributed by atoms with van der Waals surface area (Å²) >= 11 is 3.52. The van der Waals surface area contributed by atoms with Crippen molar-refractivity contribution in [2.45, 2.75) is 18.8 Å². The van der Waals surface area contributed by atoms with Gasteiger partial charge < -0.3 is 10.2 Å². The van der Waals surface area contributed by atoms with Crippen LogP contribution in [0.3, 0.4) is 0 Å². The lowest BCUT2D eigenvalue weighted by atomic mass is 9.80. The molecule has 1 atom stereocenters. The van der Waals surface area contributed by atoms with Crippen molar-refractivity contribution in [1.29, 1.82) is 0 Å². The van der Waals surface area contributed by atoms with Gasteiger partial charge in [-0.1, -0.05) is 28.1 Å². The summed E-state index contributed by atoms with van der Waals surface area (Å²) in [5.41, 5.74) is 1.49. The zero-order valence-electron chi connectivity index (χ0n) is 11.3. The summed E-state index contributed by atoms with van der Waals surface area (Å²) < 4.78 is 1.17. The number of benzene rings is 1. The molecule has 2 nitrogen and oxygen atoms in total. The van der Waals surface area contributed by atoms with Crippen LogP contribution in [0.25, 0.3) is 0 Å². The average Bonchev–Trinajstić information content (AvgIpc) is 2.38. The van der Waals surface area contributed by atoms with Crippen molar-refractivity contribution in [3.8, 4) is 0 Å². The summed E-state index contributed by atoms with van der Waals surface area (Å²) in [6.07, 6.45) is 2.60. The highest BCUT2D eigenvalue weighted by atomic mass is 79.9. The highest BCUT2D eigenvalue weighted by Crippen LogP contribution is 2.32. The van der Waals surface area contributed by atoms with Gasteiger partial charge in [0.1, 0.15) is 0 Å². The summed E-state index contributed by atoms with van der Waals surface area (Å²) in [6.45, 7) is 3.49. The SMILES string of the molecule is CN(C)CC(c1ccc(Br)cc1)C1CCNCC1. The van der Waals surface area contributed by atoms with Crippen LogP contribution in [0.2, 0.25) is 0 Å². The number of nitrogens with one attached hydrogen (secondary N) is 1. The molecule has 0 amide bonds.